The van der Waals surface area contributed by atoms with Crippen molar-refractivity contribution in [3.63, 3.8) is 0 Å². The van der Waals surface area contributed by atoms with Crippen molar-refractivity contribution in [3.05, 3.63) is 75.8 Å². The van der Waals surface area contributed by atoms with E-state index in [-0.39, 0.29) is 5.69 Å². The number of rotatable bonds is 4. The number of thiazole rings is 1. The van der Waals surface area contributed by atoms with Gasteiger partial charge in [-0.1, -0.05) is 30.3 Å². The van der Waals surface area contributed by atoms with Gasteiger partial charge >= 0.3 is 0 Å². The topological polar surface area (TPSA) is 77.5 Å². The van der Waals surface area contributed by atoms with Gasteiger partial charge in [-0.15, -0.1) is 11.3 Å². The summed E-state index contributed by atoms with van der Waals surface area (Å²) in [5, 5.41) is 12.8. The molecule has 0 spiro atoms. The molecule has 0 atom stereocenters. The summed E-state index contributed by atoms with van der Waals surface area (Å²) in [5.74, 6) is 0. The van der Waals surface area contributed by atoms with Crippen LogP contribution in [-0.4, -0.2) is 20.6 Å². The Morgan fingerprint density at radius 1 is 1.04 bits per heavy atom. The van der Waals surface area contributed by atoms with Crippen LogP contribution in [0.3, 0.4) is 0 Å². The first-order valence-electron chi connectivity index (χ1n) is 7.44. The number of nitrogens with zero attached hydrogens (tertiary/aromatic N) is 3. The van der Waals surface area contributed by atoms with Gasteiger partial charge in [-0.2, -0.15) is 0 Å². The summed E-state index contributed by atoms with van der Waals surface area (Å²) in [7, 11) is 0. The van der Waals surface area contributed by atoms with Crippen LogP contribution < -0.4 is 0 Å². The van der Waals surface area contributed by atoms with Crippen LogP contribution in [0.2, 0.25) is 0 Å². The Kier molecular flexibility index (Phi) is 3.62. The minimum absolute atomic E-state index is 0.00222. The van der Waals surface area contributed by atoms with Crippen LogP contribution in [0.4, 0.5) is 5.69 Å². The second-order valence-electron chi connectivity index (χ2n) is 5.37. The molecule has 122 valence electrons. The molecular weight excluding hydrogens is 338 g/mol. The molecule has 0 saturated carbocycles. The molecule has 6 nitrogen and oxygen atoms in total. The minimum Gasteiger partial charge on any atom is -0.296 e. The van der Waals surface area contributed by atoms with Gasteiger partial charge in [0, 0.05) is 23.1 Å². The van der Waals surface area contributed by atoms with Gasteiger partial charge < -0.3 is 0 Å². The fourth-order valence-corrected chi connectivity index (χ4v) is 3.66. The van der Waals surface area contributed by atoms with E-state index in [2.05, 4.69) is 4.98 Å². The Bertz CT molecular complexity index is 1080. The molecule has 7 heteroatoms. The number of imidazole rings is 1. The molecule has 0 N–H and O–H groups in total. The summed E-state index contributed by atoms with van der Waals surface area (Å²) in [6.07, 6.45) is 0.774. The molecule has 0 unspecified atom stereocenters. The number of aldehydes is 1. The molecule has 0 bridgehead atoms. The molecule has 0 amide bonds. The van der Waals surface area contributed by atoms with E-state index in [1.165, 1.54) is 23.5 Å². The van der Waals surface area contributed by atoms with E-state index >= 15 is 0 Å². The zero-order chi connectivity index (χ0) is 17.4. The zero-order valence-corrected chi connectivity index (χ0v) is 13.6. The lowest BCUT2D eigenvalue weighted by atomic mass is 10.1. The summed E-state index contributed by atoms with van der Waals surface area (Å²) in [6.45, 7) is 0. The van der Waals surface area contributed by atoms with E-state index in [4.69, 9.17) is 0 Å². The molecule has 2 heterocycles. The highest BCUT2D eigenvalue weighted by Crippen LogP contribution is 2.32. The molecular formula is C18H11N3O3S. The molecule has 2 aromatic heterocycles. The number of nitro benzene ring substituents is 1. The number of nitro groups is 1. The Hall–Kier alpha value is -3.32. The van der Waals surface area contributed by atoms with E-state index < -0.39 is 4.92 Å². The van der Waals surface area contributed by atoms with Crippen LogP contribution in [-0.2, 0) is 0 Å². The monoisotopic (exact) mass is 349 g/mol. The SMILES string of the molecule is O=Cc1c(-c2ccc([N+](=O)[O-])cc2)nc2scc(-c3ccccc3)n12. The average Bonchev–Trinajstić information content (AvgIpc) is 3.21. The maximum atomic E-state index is 11.8. The van der Waals surface area contributed by atoms with Gasteiger partial charge in [-0.05, 0) is 17.7 Å². The highest BCUT2D eigenvalue weighted by atomic mass is 32.1. The van der Waals surface area contributed by atoms with E-state index in [9.17, 15) is 14.9 Å². The summed E-state index contributed by atoms with van der Waals surface area (Å²) in [6, 6.07) is 15.8. The van der Waals surface area contributed by atoms with Crippen molar-refractivity contribution >= 4 is 28.3 Å². The Labute approximate surface area is 146 Å². The third-order valence-electron chi connectivity index (χ3n) is 3.93. The van der Waals surface area contributed by atoms with Gasteiger partial charge in [-0.25, -0.2) is 4.98 Å². The molecule has 2 aromatic carbocycles. The lowest BCUT2D eigenvalue weighted by molar-refractivity contribution is -0.384. The smallest absolute Gasteiger partial charge is 0.269 e. The van der Waals surface area contributed by atoms with Crippen LogP contribution in [0.1, 0.15) is 10.5 Å². The fraction of sp³-hybridized carbons (Fsp3) is 0. The second kappa shape index (κ2) is 5.95. The van der Waals surface area contributed by atoms with Crippen molar-refractivity contribution in [2.45, 2.75) is 0 Å². The van der Waals surface area contributed by atoms with Crippen molar-refractivity contribution in [2.75, 3.05) is 0 Å². The first-order valence-corrected chi connectivity index (χ1v) is 8.32. The Morgan fingerprint density at radius 2 is 1.76 bits per heavy atom. The summed E-state index contributed by atoms with van der Waals surface area (Å²) in [5.41, 5.74) is 3.51. The number of non-ortho nitro benzene ring substituents is 1. The number of carbonyl (C=O) groups excluding carboxylic acids is 1. The predicted molar refractivity (Wildman–Crippen MR) is 96.0 cm³/mol. The van der Waals surface area contributed by atoms with Gasteiger partial charge in [0.15, 0.2) is 11.2 Å². The van der Waals surface area contributed by atoms with Crippen molar-refractivity contribution in [3.8, 4) is 22.5 Å². The number of hydrogen-bond donors (Lipinski definition) is 0. The van der Waals surface area contributed by atoms with E-state index in [1.54, 1.807) is 12.1 Å². The zero-order valence-electron chi connectivity index (χ0n) is 12.8. The molecule has 25 heavy (non-hydrogen) atoms. The number of fused-ring (bicyclic) bond motifs is 1. The van der Waals surface area contributed by atoms with Crippen LogP contribution in [0, 0.1) is 10.1 Å². The number of aromatic nitrogens is 2. The maximum absolute atomic E-state index is 11.8. The molecule has 0 saturated heterocycles. The fourth-order valence-electron chi connectivity index (χ4n) is 2.75. The predicted octanol–water partition coefficient (Wildman–Crippen LogP) is 4.45. The van der Waals surface area contributed by atoms with E-state index in [1.807, 2.05) is 40.1 Å². The Morgan fingerprint density at radius 3 is 2.40 bits per heavy atom. The van der Waals surface area contributed by atoms with Gasteiger partial charge in [0.25, 0.3) is 5.69 Å². The standard InChI is InChI=1S/C18H11N3O3S/c22-10-15-17(13-6-8-14(9-7-13)21(23)24)19-18-20(15)16(11-25-18)12-4-2-1-3-5-12/h1-11H. The van der Waals surface area contributed by atoms with Crippen LogP contribution in [0.15, 0.2) is 60.0 Å². The first kappa shape index (κ1) is 15.2. The molecule has 0 aliphatic heterocycles. The van der Waals surface area contributed by atoms with Crippen LogP contribution in [0.25, 0.3) is 27.5 Å². The number of benzene rings is 2. The maximum Gasteiger partial charge on any atom is 0.269 e. The highest BCUT2D eigenvalue weighted by Gasteiger charge is 2.19. The lowest BCUT2D eigenvalue weighted by Gasteiger charge is -2.02. The second-order valence-corrected chi connectivity index (χ2v) is 6.21. The molecule has 0 aliphatic rings. The lowest BCUT2D eigenvalue weighted by Crippen LogP contribution is -1.94. The first-order chi connectivity index (χ1) is 12.2. The van der Waals surface area contributed by atoms with Gasteiger partial charge in [-0.3, -0.25) is 19.3 Å². The van der Waals surface area contributed by atoms with Crippen molar-refractivity contribution in [1.82, 2.24) is 9.38 Å². The van der Waals surface area contributed by atoms with Gasteiger partial charge in [0.1, 0.15) is 11.4 Å². The molecule has 0 aliphatic carbocycles. The van der Waals surface area contributed by atoms with E-state index in [0.717, 1.165) is 17.5 Å². The summed E-state index contributed by atoms with van der Waals surface area (Å²) in [4.78, 5) is 27.4. The number of hydrogen-bond acceptors (Lipinski definition) is 5. The molecule has 0 fully saturated rings. The molecule has 4 rings (SSSR count). The van der Waals surface area contributed by atoms with E-state index in [0.29, 0.717) is 21.9 Å². The summed E-state index contributed by atoms with van der Waals surface area (Å²) >= 11 is 1.45. The molecule has 4 aromatic rings. The van der Waals surface area contributed by atoms with Crippen LogP contribution >= 0.6 is 11.3 Å². The minimum atomic E-state index is -0.455. The van der Waals surface area contributed by atoms with Gasteiger partial charge in [0.05, 0.1) is 10.6 Å². The molecule has 0 radical (unpaired) electrons. The normalized spacial score (nSPS) is 10.9. The van der Waals surface area contributed by atoms with Crippen molar-refractivity contribution < 1.29 is 9.72 Å². The average molecular weight is 349 g/mol. The Balaban J connectivity index is 1.90. The third kappa shape index (κ3) is 2.50. The van der Waals surface area contributed by atoms with Crippen LogP contribution in [0.5, 0.6) is 0 Å². The van der Waals surface area contributed by atoms with Crippen molar-refractivity contribution in [1.29, 1.82) is 0 Å². The number of carbonyl (C=O) groups is 1. The third-order valence-corrected chi connectivity index (χ3v) is 4.76. The van der Waals surface area contributed by atoms with Crippen molar-refractivity contribution in [2.24, 2.45) is 0 Å². The summed E-state index contributed by atoms with van der Waals surface area (Å²) < 4.78 is 1.82. The largest absolute Gasteiger partial charge is 0.296 e. The van der Waals surface area contributed by atoms with Gasteiger partial charge in [0.2, 0.25) is 0 Å². The highest BCUT2D eigenvalue weighted by molar-refractivity contribution is 7.15. The quantitative estimate of drug-likeness (QED) is 0.310.